The molecule has 0 saturated heterocycles. The molecule has 1 unspecified atom stereocenters. The van der Waals surface area contributed by atoms with Crippen LogP contribution in [-0.2, 0) is 6.42 Å². The molecular weight excluding hydrogens is 240 g/mol. The third-order valence-electron chi connectivity index (χ3n) is 1.70. The Balaban J connectivity index is 2.81. The highest BCUT2D eigenvalue weighted by Gasteiger charge is 2.09. The van der Waals surface area contributed by atoms with E-state index in [0.717, 1.165) is 4.47 Å². The van der Waals surface area contributed by atoms with Gasteiger partial charge >= 0.3 is 0 Å². The van der Waals surface area contributed by atoms with E-state index in [0.29, 0.717) is 5.56 Å². The molecule has 0 aliphatic heterocycles. The highest BCUT2D eigenvalue weighted by Crippen LogP contribution is 2.17. The second kappa shape index (κ2) is 4.67. The van der Waals surface area contributed by atoms with Gasteiger partial charge in [-0.05, 0) is 23.8 Å². The maximum Gasteiger partial charge on any atom is 0.126 e. The number of alkyl halides is 1. The summed E-state index contributed by atoms with van der Waals surface area (Å²) in [5.74, 6) is -0.390. The summed E-state index contributed by atoms with van der Waals surface area (Å²) in [6, 6.07) is 4.45. The van der Waals surface area contributed by atoms with Gasteiger partial charge in [0.15, 0.2) is 0 Å². The lowest BCUT2D eigenvalue weighted by Crippen LogP contribution is -2.18. The maximum atomic E-state index is 13.0. The van der Waals surface area contributed by atoms with Crippen molar-refractivity contribution in [1.82, 2.24) is 0 Å². The lowest BCUT2D eigenvalue weighted by atomic mass is 10.1. The number of halogens is 3. The Morgan fingerprint density at radius 1 is 1.46 bits per heavy atom. The van der Waals surface area contributed by atoms with Crippen LogP contribution in [0, 0.1) is 5.82 Å². The number of hydrogen-bond acceptors (Lipinski definition) is 1. The summed E-state index contributed by atoms with van der Waals surface area (Å²) in [5.41, 5.74) is 5.45. The van der Waals surface area contributed by atoms with Gasteiger partial charge in [-0.1, -0.05) is 15.9 Å². The molecule has 0 fully saturated rings. The Labute approximate surface area is 84.1 Å². The molecule has 0 aliphatic rings. The molecule has 0 amide bonds. The summed E-state index contributed by atoms with van der Waals surface area (Å²) in [5, 5.41) is 0. The van der Waals surface area contributed by atoms with E-state index < -0.39 is 6.17 Å². The molecule has 0 spiro atoms. The van der Waals surface area contributed by atoms with Crippen LogP contribution in [0.3, 0.4) is 0 Å². The van der Waals surface area contributed by atoms with Gasteiger partial charge in [-0.2, -0.15) is 0 Å². The average molecular weight is 250 g/mol. The van der Waals surface area contributed by atoms with Crippen LogP contribution in [0.2, 0.25) is 0 Å². The summed E-state index contributed by atoms with van der Waals surface area (Å²) in [7, 11) is 0. The highest BCUT2D eigenvalue weighted by molar-refractivity contribution is 9.10. The Bertz CT molecular complexity index is 291. The average Bonchev–Trinajstić information content (AvgIpc) is 2.11. The van der Waals surface area contributed by atoms with Gasteiger partial charge in [0, 0.05) is 17.4 Å². The standard InChI is InChI=1S/C9H10BrF2N/c10-7-1-2-9(12)6(3-7)4-8(11)5-13/h1-3,8H,4-5,13H2. The minimum atomic E-state index is -1.18. The minimum Gasteiger partial charge on any atom is -0.328 e. The molecule has 0 aliphatic carbocycles. The Kier molecular flexibility index (Phi) is 3.81. The van der Waals surface area contributed by atoms with Crippen molar-refractivity contribution >= 4 is 15.9 Å². The van der Waals surface area contributed by atoms with E-state index in [1.807, 2.05) is 0 Å². The largest absolute Gasteiger partial charge is 0.328 e. The van der Waals surface area contributed by atoms with E-state index in [1.165, 1.54) is 6.07 Å². The molecule has 1 nitrogen and oxygen atoms in total. The molecule has 2 N–H and O–H groups in total. The van der Waals surface area contributed by atoms with Crippen LogP contribution < -0.4 is 5.73 Å². The van der Waals surface area contributed by atoms with Crippen LogP contribution in [-0.4, -0.2) is 12.7 Å². The zero-order valence-corrected chi connectivity index (χ0v) is 8.52. The van der Waals surface area contributed by atoms with E-state index in [4.69, 9.17) is 5.73 Å². The quantitative estimate of drug-likeness (QED) is 0.875. The minimum absolute atomic E-state index is 0.0295. The van der Waals surface area contributed by atoms with Gasteiger partial charge < -0.3 is 5.73 Å². The first kappa shape index (κ1) is 10.6. The molecular formula is C9H10BrF2N. The topological polar surface area (TPSA) is 26.0 Å². The molecule has 13 heavy (non-hydrogen) atoms. The van der Waals surface area contributed by atoms with Gasteiger partial charge in [-0.3, -0.25) is 0 Å². The third kappa shape index (κ3) is 3.04. The normalized spacial score (nSPS) is 12.9. The van der Waals surface area contributed by atoms with Gasteiger partial charge in [0.2, 0.25) is 0 Å². The first-order chi connectivity index (χ1) is 6.13. The zero-order valence-electron chi connectivity index (χ0n) is 6.93. The summed E-state index contributed by atoms with van der Waals surface area (Å²) in [4.78, 5) is 0. The SMILES string of the molecule is NCC(F)Cc1cc(Br)ccc1F. The van der Waals surface area contributed by atoms with E-state index in [9.17, 15) is 8.78 Å². The van der Waals surface area contributed by atoms with E-state index >= 15 is 0 Å². The fourth-order valence-electron chi connectivity index (χ4n) is 1.02. The number of nitrogens with two attached hydrogens (primary N) is 1. The molecule has 1 atom stereocenters. The van der Waals surface area contributed by atoms with E-state index in [-0.39, 0.29) is 18.8 Å². The van der Waals surface area contributed by atoms with Crippen molar-refractivity contribution in [1.29, 1.82) is 0 Å². The van der Waals surface area contributed by atoms with Crippen molar-refractivity contribution in [2.45, 2.75) is 12.6 Å². The van der Waals surface area contributed by atoms with E-state index in [2.05, 4.69) is 15.9 Å². The van der Waals surface area contributed by atoms with Crippen LogP contribution in [0.4, 0.5) is 8.78 Å². The molecule has 1 rings (SSSR count). The fourth-order valence-corrected chi connectivity index (χ4v) is 1.43. The smallest absolute Gasteiger partial charge is 0.126 e. The predicted molar refractivity (Wildman–Crippen MR) is 51.8 cm³/mol. The second-order valence-electron chi connectivity index (χ2n) is 2.77. The second-order valence-corrected chi connectivity index (χ2v) is 3.69. The molecule has 0 radical (unpaired) electrons. The molecule has 1 aromatic carbocycles. The van der Waals surface area contributed by atoms with Crippen molar-refractivity contribution in [3.63, 3.8) is 0 Å². The van der Waals surface area contributed by atoms with Gasteiger partial charge in [0.05, 0.1) is 0 Å². The molecule has 0 saturated carbocycles. The number of hydrogen-bond donors (Lipinski definition) is 1. The Morgan fingerprint density at radius 2 is 2.15 bits per heavy atom. The van der Waals surface area contributed by atoms with Crippen molar-refractivity contribution in [3.8, 4) is 0 Å². The molecule has 0 heterocycles. The van der Waals surface area contributed by atoms with Crippen LogP contribution in [0.5, 0.6) is 0 Å². The molecule has 0 aromatic heterocycles. The van der Waals surface area contributed by atoms with Crippen LogP contribution in [0.25, 0.3) is 0 Å². The maximum absolute atomic E-state index is 13.0. The molecule has 1 aromatic rings. The van der Waals surface area contributed by atoms with Gasteiger partial charge in [0.25, 0.3) is 0 Å². The number of benzene rings is 1. The van der Waals surface area contributed by atoms with E-state index in [1.54, 1.807) is 12.1 Å². The van der Waals surface area contributed by atoms with Crippen LogP contribution in [0.15, 0.2) is 22.7 Å². The van der Waals surface area contributed by atoms with Gasteiger partial charge in [-0.25, -0.2) is 8.78 Å². The summed E-state index contributed by atoms with van der Waals surface area (Å²) < 4.78 is 26.6. The van der Waals surface area contributed by atoms with Crippen LogP contribution >= 0.6 is 15.9 Å². The highest BCUT2D eigenvalue weighted by atomic mass is 79.9. The predicted octanol–water partition coefficient (Wildman–Crippen LogP) is 2.43. The van der Waals surface area contributed by atoms with Crippen molar-refractivity contribution in [3.05, 3.63) is 34.1 Å². The lowest BCUT2D eigenvalue weighted by Gasteiger charge is -2.06. The van der Waals surface area contributed by atoms with Crippen LogP contribution in [0.1, 0.15) is 5.56 Å². The Hall–Kier alpha value is -0.480. The summed E-state index contributed by atoms with van der Waals surface area (Å²) in [6.45, 7) is -0.0774. The zero-order chi connectivity index (χ0) is 9.84. The van der Waals surface area contributed by atoms with Crippen molar-refractivity contribution in [2.24, 2.45) is 5.73 Å². The monoisotopic (exact) mass is 249 g/mol. The van der Waals surface area contributed by atoms with Crippen molar-refractivity contribution in [2.75, 3.05) is 6.54 Å². The Morgan fingerprint density at radius 3 is 2.77 bits per heavy atom. The lowest BCUT2D eigenvalue weighted by molar-refractivity contribution is 0.336. The molecule has 0 bridgehead atoms. The van der Waals surface area contributed by atoms with Gasteiger partial charge in [0.1, 0.15) is 12.0 Å². The first-order valence-electron chi connectivity index (χ1n) is 3.91. The fraction of sp³-hybridized carbons (Fsp3) is 0.333. The third-order valence-corrected chi connectivity index (χ3v) is 2.20. The summed E-state index contributed by atoms with van der Waals surface area (Å²) >= 11 is 3.19. The van der Waals surface area contributed by atoms with Crippen molar-refractivity contribution < 1.29 is 8.78 Å². The summed E-state index contributed by atoms with van der Waals surface area (Å²) in [6.07, 6.45) is -1.15. The molecule has 4 heteroatoms. The first-order valence-corrected chi connectivity index (χ1v) is 4.71. The van der Waals surface area contributed by atoms with Gasteiger partial charge in [-0.15, -0.1) is 0 Å². The number of rotatable bonds is 3. The molecule has 72 valence electrons.